The van der Waals surface area contributed by atoms with Crippen LogP contribution in [0.5, 0.6) is 0 Å². The number of hydrazine groups is 1. The molecule has 114 valence electrons. The Hall–Kier alpha value is -1.70. The van der Waals surface area contributed by atoms with Gasteiger partial charge in [-0.3, -0.25) is 16.3 Å². The van der Waals surface area contributed by atoms with E-state index < -0.39 is 18.8 Å². The van der Waals surface area contributed by atoms with Crippen LogP contribution in [0.15, 0.2) is 36.5 Å². The van der Waals surface area contributed by atoms with Crippen molar-refractivity contribution in [2.75, 3.05) is 13.2 Å². The van der Waals surface area contributed by atoms with Gasteiger partial charge in [-0.15, -0.1) is 0 Å². The van der Waals surface area contributed by atoms with E-state index in [0.717, 1.165) is 16.5 Å². The van der Waals surface area contributed by atoms with E-state index in [4.69, 9.17) is 5.84 Å². The molecule has 1 aromatic carbocycles. The van der Waals surface area contributed by atoms with Gasteiger partial charge >= 0.3 is 6.18 Å². The molecule has 0 spiro atoms. The van der Waals surface area contributed by atoms with Crippen molar-refractivity contribution in [2.24, 2.45) is 5.84 Å². The zero-order chi connectivity index (χ0) is 15.3. The number of nitrogens with two attached hydrogens (primary N) is 1. The second-order valence-electron chi connectivity index (χ2n) is 4.69. The highest BCUT2D eigenvalue weighted by Gasteiger charge is 2.27. The maximum absolute atomic E-state index is 12.1. The van der Waals surface area contributed by atoms with Crippen molar-refractivity contribution < 1.29 is 17.9 Å². The Morgan fingerprint density at radius 2 is 2.00 bits per heavy atom. The number of rotatable bonds is 6. The number of ether oxygens (including phenoxy) is 1. The molecule has 4 nitrogen and oxygen atoms in total. The summed E-state index contributed by atoms with van der Waals surface area (Å²) in [5.74, 6) is 5.39. The molecule has 3 N–H and O–H groups in total. The zero-order valence-corrected chi connectivity index (χ0v) is 11.2. The molecular formula is C14H16F3N3O. The van der Waals surface area contributed by atoms with Crippen molar-refractivity contribution in [3.05, 3.63) is 42.1 Å². The van der Waals surface area contributed by atoms with Crippen LogP contribution in [0.1, 0.15) is 5.56 Å². The summed E-state index contributed by atoms with van der Waals surface area (Å²) in [6.07, 6.45) is -2.21. The number of nitrogens with one attached hydrogen (secondary N) is 1. The fourth-order valence-corrected chi connectivity index (χ4v) is 2.08. The largest absolute Gasteiger partial charge is 0.411 e. The maximum atomic E-state index is 12.1. The number of hydrogen-bond donors (Lipinski definition) is 2. The van der Waals surface area contributed by atoms with Crippen molar-refractivity contribution in [3.63, 3.8) is 0 Å². The predicted octanol–water partition coefficient (Wildman–Crippen LogP) is 2.19. The number of benzene rings is 1. The standard InChI is InChI=1S/C14H16F3N3O/c15-14(16,17)9-21-8-11(20-18)7-10-5-6-19-13-4-2-1-3-12(10)13/h1-6,11,20H,7-9,18H2. The molecule has 0 radical (unpaired) electrons. The monoisotopic (exact) mass is 299 g/mol. The molecular weight excluding hydrogens is 283 g/mol. The third-order valence-electron chi connectivity index (χ3n) is 3.03. The number of fused-ring (bicyclic) bond motifs is 1. The summed E-state index contributed by atoms with van der Waals surface area (Å²) in [5.41, 5.74) is 4.28. The van der Waals surface area contributed by atoms with E-state index in [0.29, 0.717) is 6.42 Å². The Labute approximate surface area is 120 Å². The minimum Gasteiger partial charge on any atom is -0.370 e. The molecule has 7 heteroatoms. The molecule has 0 saturated carbocycles. The van der Waals surface area contributed by atoms with Crippen molar-refractivity contribution in [1.29, 1.82) is 0 Å². The molecule has 1 heterocycles. The molecule has 0 fully saturated rings. The van der Waals surface area contributed by atoms with Crippen LogP contribution in [0.25, 0.3) is 10.9 Å². The average Bonchev–Trinajstić information content (AvgIpc) is 2.45. The molecule has 2 aromatic rings. The molecule has 0 aliphatic heterocycles. The van der Waals surface area contributed by atoms with Gasteiger partial charge in [-0.2, -0.15) is 13.2 Å². The van der Waals surface area contributed by atoms with Crippen LogP contribution in [0, 0.1) is 0 Å². The molecule has 2 rings (SSSR count). The van der Waals surface area contributed by atoms with Crippen LogP contribution < -0.4 is 11.3 Å². The van der Waals surface area contributed by atoms with Gasteiger partial charge in [-0.05, 0) is 24.1 Å². The summed E-state index contributed by atoms with van der Waals surface area (Å²) in [4.78, 5) is 4.24. The Morgan fingerprint density at radius 3 is 2.71 bits per heavy atom. The number of halogens is 3. The molecule has 0 aliphatic rings. The quantitative estimate of drug-likeness (QED) is 0.634. The second kappa shape index (κ2) is 6.84. The highest BCUT2D eigenvalue weighted by molar-refractivity contribution is 5.81. The van der Waals surface area contributed by atoms with Crippen LogP contribution in [0.2, 0.25) is 0 Å². The van der Waals surface area contributed by atoms with E-state index in [1.807, 2.05) is 30.3 Å². The zero-order valence-electron chi connectivity index (χ0n) is 11.2. The third kappa shape index (κ3) is 4.66. The van der Waals surface area contributed by atoms with E-state index in [2.05, 4.69) is 15.1 Å². The molecule has 1 unspecified atom stereocenters. The topological polar surface area (TPSA) is 60.2 Å². The smallest absolute Gasteiger partial charge is 0.370 e. The van der Waals surface area contributed by atoms with Gasteiger partial charge in [-0.25, -0.2) is 0 Å². The molecule has 1 aromatic heterocycles. The first-order chi connectivity index (χ1) is 9.99. The van der Waals surface area contributed by atoms with Gasteiger partial charge in [-0.1, -0.05) is 18.2 Å². The van der Waals surface area contributed by atoms with Crippen LogP contribution in [0.3, 0.4) is 0 Å². The van der Waals surface area contributed by atoms with E-state index in [-0.39, 0.29) is 6.61 Å². The van der Waals surface area contributed by atoms with E-state index in [9.17, 15) is 13.2 Å². The van der Waals surface area contributed by atoms with Gasteiger partial charge in [0.2, 0.25) is 0 Å². The Bertz CT molecular complexity index is 584. The first-order valence-corrected chi connectivity index (χ1v) is 6.43. The van der Waals surface area contributed by atoms with Gasteiger partial charge in [0, 0.05) is 17.6 Å². The minimum atomic E-state index is -4.33. The lowest BCUT2D eigenvalue weighted by Crippen LogP contribution is -2.41. The number of hydrogen-bond acceptors (Lipinski definition) is 4. The Balaban J connectivity index is 2.03. The maximum Gasteiger partial charge on any atom is 0.411 e. The first kappa shape index (κ1) is 15.7. The van der Waals surface area contributed by atoms with Gasteiger partial charge in [0.05, 0.1) is 12.1 Å². The first-order valence-electron chi connectivity index (χ1n) is 6.43. The summed E-state index contributed by atoms with van der Waals surface area (Å²) in [5, 5.41) is 0.955. The van der Waals surface area contributed by atoms with Crippen LogP contribution in [0.4, 0.5) is 13.2 Å². The van der Waals surface area contributed by atoms with E-state index in [1.165, 1.54) is 0 Å². The lowest BCUT2D eigenvalue weighted by molar-refractivity contribution is -0.175. The Kier molecular flexibility index (Phi) is 5.11. The summed E-state index contributed by atoms with van der Waals surface area (Å²) in [6, 6.07) is 8.99. The number of nitrogens with zero attached hydrogens (tertiary/aromatic N) is 1. The van der Waals surface area contributed by atoms with Crippen LogP contribution in [-0.2, 0) is 11.2 Å². The Morgan fingerprint density at radius 1 is 1.24 bits per heavy atom. The van der Waals surface area contributed by atoms with Crippen LogP contribution >= 0.6 is 0 Å². The highest BCUT2D eigenvalue weighted by Crippen LogP contribution is 2.18. The normalized spacial score (nSPS) is 13.5. The fraction of sp³-hybridized carbons (Fsp3) is 0.357. The molecule has 0 amide bonds. The molecule has 21 heavy (non-hydrogen) atoms. The minimum absolute atomic E-state index is 0.118. The van der Waals surface area contributed by atoms with Crippen molar-refractivity contribution >= 4 is 10.9 Å². The summed E-state index contributed by atoms with van der Waals surface area (Å²) in [6.45, 7) is -1.39. The number of para-hydroxylation sites is 1. The van der Waals surface area contributed by atoms with Crippen molar-refractivity contribution in [2.45, 2.75) is 18.6 Å². The molecule has 1 atom stereocenters. The fourth-order valence-electron chi connectivity index (χ4n) is 2.08. The summed E-state index contributed by atoms with van der Waals surface area (Å²) >= 11 is 0. The van der Waals surface area contributed by atoms with Gasteiger partial charge in [0.15, 0.2) is 0 Å². The van der Waals surface area contributed by atoms with Crippen LogP contribution in [-0.4, -0.2) is 30.4 Å². The highest BCUT2D eigenvalue weighted by atomic mass is 19.4. The average molecular weight is 299 g/mol. The van der Waals surface area contributed by atoms with E-state index in [1.54, 1.807) is 6.20 Å². The lowest BCUT2D eigenvalue weighted by atomic mass is 10.0. The molecule has 0 saturated heterocycles. The number of pyridine rings is 1. The van der Waals surface area contributed by atoms with Gasteiger partial charge in [0.25, 0.3) is 0 Å². The van der Waals surface area contributed by atoms with E-state index >= 15 is 0 Å². The third-order valence-corrected chi connectivity index (χ3v) is 3.03. The summed E-state index contributed by atoms with van der Waals surface area (Å²) < 4.78 is 40.8. The van der Waals surface area contributed by atoms with Gasteiger partial charge < -0.3 is 4.74 Å². The van der Waals surface area contributed by atoms with Gasteiger partial charge in [0.1, 0.15) is 6.61 Å². The summed E-state index contributed by atoms with van der Waals surface area (Å²) in [7, 11) is 0. The molecule has 0 bridgehead atoms. The van der Waals surface area contributed by atoms with Crippen molar-refractivity contribution in [1.82, 2.24) is 10.4 Å². The predicted molar refractivity (Wildman–Crippen MR) is 73.4 cm³/mol. The number of alkyl halides is 3. The SMILES string of the molecule is NNC(COCC(F)(F)F)Cc1ccnc2ccccc12. The number of aromatic nitrogens is 1. The lowest BCUT2D eigenvalue weighted by Gasteiger charge is -2.17. The second-order valence-corrected chi connectivity index (χ2v) is 4.69. The molecule has 0 aliphatic carbocycles. The van der Waals surface area contributed by atoms with Crippen molar-refractivity contribution in [3.8, 4) is 0 Å².